The molecule has 0 atom stereocenters. The molecule has 0 saturated carbocycles. The summed E-state index contributed by atoms with van der Waals surface area (Å²) in [6, 6.07) is 10.4. The largest absolute Gasteiger partial charge is 0.481 e. The van der Waals surface area contributed by atoms with E-state index in [9.17, 15) is 22.4 Å². The first-order valence-electron chi connectivity index (χ1n) is 9.68. The van der Waals surface area contributed by atoms with E-state index in [0.29, 0.717) is 28.5 Å². The van der Waals surface area contributed by atoms with Crippen LogP contribution in [-0.4, -0.2) is 24.7 Å². The van der Waals surface area contributed by atoms with Gasteiger partial charge in [-0.2, -0.15) is 13.2 Å². The van der Waals surface area contributed by atoms with E-state index in [0.717, 1.165) is 12.1 Å². The summed E-state index contributed by atoms with van der Waals surface area (Å²) in [4.78, 5) is 20.6. The second-order valence-corrected chi connectivity index (χ2v) is 7.42. The molecule has 166 valence electrons. The molecule has 9 heteroatoms. The molecule has 0 N–H and O–H groups in total. The highest BCUT2D eigenvalue weighted by Crippen LogP contribution is 2.40. The Balaban J connectivity index is 1.91. The lowest BCUT2D eigenvalue weighted by Crippen LogP contribution is -2.45. The molecule has 2 aromatic carbocycles. The molecule has 1 aromatic heterocycles. The van der Waals surface area contributed by atoms with Gasteiger partial charge in [0.15, 0.2) is 0 Å². The van der Waals surface area contributed by atoms with Crippen LogP contribution < -0.4 is 14.5 Å². The minimum atomic E-state index is -4.62. The van der Waals surface area contributed by atoms with E-state index in [-0.39, 0.29) is 17.9 Å². The summed E-state index contributed by atoms with van der Waals surface area (Å²) < 4.78 is 59.3. The number of carbonyl (C=O) groups excluding carboxylic acids is 1. The molecule has 0 saturated heterocycles. The Labute approximate surface area is 181 Å². The molecular formula is C23H19F4N3O2. The second-order valence-electron chi connectivity index (χ2n) is 7.42. The van der Waals surface area contributed by atoms with Crippen LogP contribution in [0, 0.1) is 19.7 Å². The van der Waals surface area contributed by atoms with Crippen molar-refractivity contribution in [2.75, 3.05) is 23.6 Å². The Morgan fingerprint density at radius 2 is 1.66 bits per heavy atom. The van der Waals surface area contributed by atoms with Crippen molar-refractivity contribution in [1.29, 1.82) is 0 Å². The number of pyridine rings is 1. The van der Waals surface area contributed by atoms with Crippen LogP contribution in [0.5, 0.6) is 5.88 Å². The number of fused-ring (bicyclic) bond motifs is 1. The Morgan fingerprint density at radius 3 is 2.31 bits per heavy atom. The smallest absolute Gasteiger partial charge is 0.416 e. The molecule has 0 fully saturated rings. The second kappa shape index (κ2) is 7.81. The monoisotopic (exact) mass is 445 g/mol. The van der Waals surface area contributed by atoms with Crippen LogP contribution in [0.15, 0.2) is 48.5 Å². The van der Waals surface area contributed by atoms with Gasteiger partial charge >= 0.3 is 6.18 Å². The summed E-state index contributed by atoms with van der Waals surface area (Å²) >= 11 is 0. The summed E-state index contributed by atoms with van der Waals surface area (Å²) in [6.45, 7) is 3.40. The van der Waals surface area contributed by atoms with E-state index in [1.165, 1.54) is 30.2 Å². The van der Waals surface area contributed by atoms with Crippen LogP contribution in [-0.2, 0) is 6.18 Å². The number of methoxy groups -OCH3 is 1. The van der Waals surface area contributed by atoms with E-state index in [1.807, 2.05) is 0 Å². The average Bonchev–Trinajstić information content (AvgIpc) is 2.75. The highest BCUT2D eigenvalue weighted by atomic mass is 19.4. The fourth-order valence-corrected chi connectivity index (χ4v) is 3.74. The Kier molecular flexibility index (Phi) is 5.28. The maximum atomic E-state index is 14.1. The number of carbonyl (C=O) groups is 1. The van der Waals surface area contributed by atoms with E-state index in [4.69, 9.17) is 4.74 Å². The lowest BCUT2D eigenvalue weighted by Gasteiger charge is -2.39. The Hall–Kier alpha value is -3.62. The van der Waals surface area contributed by atoms with Gasteiger partial charge in [0.25, 0.3) is 5.91 Å². The van der Waals surface area contributed by atoms with Crippen LogP contribution >= 0.6 is 0 Å². The molecule has 1 aliphatic rings. The predicted molar refractivity (Wildman–Crippen MR) is 112 cm³/mol. The predicted octanol–water partition coefficient (Wildman–Crippen LogP) is 5.62. The number of rotatable bonds is 3. The molecule has 0 radical (unpaired) electrons. The number of aryl methyl sites for hydroxylation is 2. The van der Waals surface area contributed by atoms with Crippen LogP contribution in [0.2, 0.25) is 0 Å². The summed E-state index contributed by atoms with van der Waals surface area (Å²) in [5.74, 6) is -0.760. The van der Waals surface area contributed by atoms with Crippen molar-refractivity contribution in [3.63, 3.8) is 0 Å². The number of halogens is 4. The summed E-state index contributed by atoms with van der Waals surface area (Å²) in [7, 11) is 1.46. The highest BCUT2D eigenvalue weighted by molar-refractivity contribution is 6.13. The quantitative estimate of drug-likeness (QED) is 0.491. The molecular weight excluding hydrogens is 426 g/mol. The SMILES string of the molecule is COc1ccc(N2CN(c3cc(F)ccc3C)c3ccc(C(F)(F)F)cc3C2=O)c(C)n1. The summed E-state index contributed by atoms with van der Waals surface area (Å²) in [5.41, 5.74) is 1.23. The normalized spacial score (nSPS) is 13.9. The van der Waals surface area contributed by atoms with Crippen molar-refractivity contribution in [2.24, 2.45) is 0 Å². The number of alkyl halides is 3. The fourth-order valence-electron chi connectivity index (χ4n) is 3.74. The number of anilines is 3. The zero-order valence-electron chi connectivity index (χ0n) is 17.5. The van der Waals surface area contributed by atoms with Gasteiger partial charge in [0.2, 0.25) is 5.88 Å². The van der Waals surface area contributed by atoms with Gasteiger partial charge in [0, 0.05) is 11.8 Å². The molecule has 1 aliphatic heterocycles. The topological polar surface area (TPSA) is 45.7 Å². The third kappa shape index (κ3) is 3.74. The van der Waals surface area contributed by atoms with Crippen LogP contribution in [0.25, 0.3) is 0 Å². The standard InChI is InChI=1S/C23H19F4N3O2/c1-13-4-6-16(24)11-20(13)29-12-30(18-8-9-21(32-3)28-14(18)2)22(31)17-10-15(23(25,26)27)5-7-19(17)29/h4-11H,12H2,1-3H3. The van der Waals surface area contributed by atoms with Crippen LogP contribution in [0.3, 0.4) is 0 Å². The number of aromatic nitrogens is 1. The molecule has 2 heterocycles. The van der Waals surface area contributed by atoms with E-state index < -0.39 is 23.5 Å². The van der Waals surface area contributed by atoms with Crippen molar-refractivity contribution in [1.82, 2.24) is 4.98 Å². The molecule has 5 nitrogen and oxygen atoms in total. The third-order valence-electron chi connectivity index (χ3n) is 5.37. The zero-order valence-corrected chi connectivity index (χ0v) is 17.5. The highest BCUT2D eigenvalue weighted by Gasteiger charge is 2.37. The van der Waals surface area contributed by atoms with E-state index in [1.54, 1.807) is 36.9 Å². The number of benzene rings is 2. The van der Waals surface area contributed by atoms with Crippen molar-refractivity contribution in [2.45, 2.75) is 20.0 Å². The summed E-state index contributed by atoms with van der Waals surface area (Å²) in [6.07, 6.45) is -4.62. The minimum Gasteiger partial charge on any atom is -0.481 e. The molecule has 3 aromatic rings. The van der Waals surface area contributed by atoms with Gasteiger partial charge in [-0.3, -0.25) is 9.69 Å². The molecule has 32 heavy (non-hydrogen) atoms. The third-order valence-corrected chi connectivity index (χ3v) is 5.37. The minimum absolute atomic E-state index is 0.0314. The summed E-state index contributed by atoms with van der Waals surface area (Å²) in [5, 5.41) is 0. The molecule has 4 rings (SSSR count). The lowest BCUT2D eigenvalue weighted by atomic mass is 10.0. The first-order valence-corrected chi connectivity index (χ1v) is 9.68. The van der Waals surface area contributed by atoms with Gasteiger partial charge in [0.05, 0.1) is 35.3 Å². The number of hydrogen-bond acceptors (Lipinski definition) is 4. The molecule has 0 unspecified atom stereocenters. The van der Waals surface area contributed by atoms with Gasteiger partial charge in [-0.15, -0.1) is 0 Å². The maximum absolute atomic E-state index is 14.1. The van der Waals surface area contributed by atoms with Gasteiger partial charge in [-0.25, -0.2) is 9.37 Å². The molecule has 0 spiro atoms. The fraction of sp³-hybridized carbons (Fsp3) is 0.217. The number of ether oxygens (including phenoxy) is 1. The average molecular weight is 445 g/mol. The van der Waals surface area contributed by atoms with Crippen molar-refractivity contribution in [3.8, 4) is 5.88 Å². The number of nitrogens with zero attached hydrogens (tertiary/aromatic N) is 3. The van der Waals surface area contributed by atoms with Gasteiger partial charge < -0.3 is 9.64 Å². The van der Waals surface area contributed by atoms with Gasteiger partial charge in [-0.05, 0) is 55.8 Å². The maximum Gasteiger partial charge on any atom is 0.416 e. The van der Waals surface area contributed by atoms with Crippen molar-refractivity contribution < 1.29 is 27.1 Å². The Bertz CT molecular complexity index is 1210. The van der Waals surface area contributed by atoms with E-state index in [2.05, 4.69) is 4.98 Å². The molecule has 1 amide bonds. The Morgan fingerprint density at radius 1 is 0.938 bits per heavy atom. The number of amides is 1. The van der Waals surface area contributed by atoms with Crippen molar-refractivity contribution in [3.05, 3.63) is 76.7 Å². The number of hydrogen-bond donors (Lipinski definition) is 0. The first-order chi connectivity index (χ1) is 15.1. The first kappa shape index (κ1) is 21.6. The van der Waals surface area contributed by atoms with E-state index >= 15 is 0 Å². The van der Waals surface area contributed by atoms with Gasteiger partial charge in [-0.1, -0.05) is 6.07 Å². The molecule has 0 aliphatic carbocycles. The van der Waals surface area contributed by atoms with Crippen LogP contribution in [0.4, 0.5) is 34.6 Å². The van der Waals surface area contributed by atoms with Gasteiger partial charge in [0.1, 0.15) is 12.5 Å². The van der Waals surface area contributed by atoms with Crippen LogP contribution in [0.1, 0.15) is 27.2 Å². The van der Waals surface area contributed by atoms with Crippen molar-refractivity contribution >= 4 is 23.0 Å². The zero-order chi connectivity index (χ0) is 23.2. The lowest BCUT2D eigenvalue weighted by molar-refractivity contribution is -0.137. The molecule has 0 bridgehead atoms.